The third-order valence-electron chi connectivity index (χ3n) is 6.20. The second kappa shape index (κ2) is 11.9. The molecular weight excluding hydrogens is 556 g/mol. The lowest BCUT2D eigenvalue weighted by atomic mass is 9.99. The smallest absolute Gasteiger partial charge is 0.481 e. The molecular formula is C28H23F6N3O4. The van der Waals surface area contributed by atoms with Crippen LogP contribution in [0, 0.1) is 0 Å². The third kappa shape index (κ3) is 7.99. The van der Waals surface area contributed by atoms with E-state index in [0.717, 1.165) is 0 Å². The number of carboxylic acid groups (broad SMARTS) is 1. The molecule has 0 radical (unpaired) electrons. The predicted octanol–water partition coefficient (Wildman–Crippen LogP) is 6.74. The van der Waals surface area contributed by atoms with E-state index in [2.05, 4.69) is 15.2 Å². The maximum absolute atomic E-state index is 13.2. The summed E-state index contributed by atoms with van der Waals surface area (Å²) in [6.45, 7) is -0.0725. The van der Waals surface area contributed by atoms with Gasteiger partial charge in [0.15, 0.2) is 0 Å². The molecule has 0 fully saturated rings. The van der Waals surface area contributed by atoms with E-state index in [1.54, 1.807) is 18.2 Å². The number of amides is 1. The van der Waals surface area contributed by atoms with Crippen LogP contribution < -0.4 is 10.1 Å². The second-order valence-corrected chi connectivity index (χ2v) is 9.13. The minimum absolute atomic E-state index is 0.0725. The zero-order valence-electron chi connectivity index (χ0n) is 21.2. The number of aromatic nitrogens is 2. The van der Waals surface area contributed by atoms with Crippen LogP contribution in [0.3, 0.4) is 0 Å². The van der Waals surface area contributed by atoms with E-state index in [9.17, 15) is 35.9 Å². The van der Waals surface area contributed by atoms with Crippen LogP contribution in [0.15, 0.2) is 72.9 Å². The highest BCUT2D eigenvalue weighted by molar-refractivity contribution is 5.94. The van der Waals surface area contributed by atoms with Gasteiger partial charge in [-0.25, -0.2) is 0 Å². The summed E-state index contributed by atoms with van der Waals surface area (Å²) in [5.41, 5.74) is 2.48. The average molecular weight is 579 g/mol. The fourth-order valence-electron chi connectivity index (χ4n) is 4.30. The molecule has 0 aliphatic carbocycles. The number of carbonyl (C=O) groups excluding carboxylic acids is 1. The number of carboxylic acids is 1. The van der Waals surface area contributed by atoms with E-state index in [1.807, 2.05) is 0 Å². The van der Waals surface area contributed by atoms with Crippen molar-refractivity contribution in [2.45, 2.75) is 37.8 Å². The third-order valence-corrected chi connectivity index (χ3v) is 6.20. The molecule has 216 valence electrons. The van der Waals surface area contributed by atoms with Gasteiger partial charge in [0.05, 0.1) is 24.2 Å². The number of nitrogens with one attached hydrogen (secondary N) is 1. The van der Waals surface area contributed by atoms with E-state index >= 15 is 0 Å². The first-order valence-electron chi connectivity index (χ1n) is 12.3. The van der Waals surface area contributed by atoms with Gasteiger partial charge < -0.3 is 15.2 Å². The molecule has 7 nitrogen and oxygen atoms in total. The SMILES string of the molecule is O=C(O)CCNC(=O)c1ccc(C(CCC(F)(F)F)n2ncc3cc(-c4ccc(OC(F)(F)F)cc4)ccc32)cc1. The highest BCUT2D eigenvalue weighted by atomic mass is 19.4. The number of hydrogen-bond acceptors (Lipinski definition) is 4. The fourth-order valence-corrected chi connectivity index (χ4v) is 4.30. The number of aliphatic carboxylic acids is 1. The summed E-state index contributed by atoms with van der Waals surface area (Å²) < 4.78 is 82.3. The molecule has 0 bridgehead atoms. The summed E-state index contributed by atoms with van der Waals surface area (Å²) >= 11 is 0. The molecule has 0 aliphatic rings. The molecule has 4 rings (SSSR count). The molecule has 1 atom stereocenters. The van der Waals surface area contributed by atoms with Gasteiger partial charge in [0.25, 0.3) is 5.91 Å². The van der Waals surface area contributed by atoms with Gasteiger partial charge in [0, 0.05) is 23.9 Å². The zero-order chi connectivity index (χ0) is 29.8. The first kappa shape index (κ1) is 29.4. The van der Waals surface area contributed by atoms with Crippen molar-refractivity contribution < 1.29 is 45.8 Å². The van der Waals surface area contributed by atoms with Crippen LogP contribution in [0.25, 0.3) is 22.0 Å². The Morgan fingerprint density at radius 2 is 1.59 bits per heavy atom. The van der Waals surface area contributed by atoms with E-state index in [-0.39, 0.29) is 30.7 Å². The molecule has 2 N–H and O–H groups in total. The Balaban J connectivity index is 1.60. The van der Waals surface area contributed by atoms with Gasteiger partial charge in [-0.2, -0.15) is 18.3 Å². The summed E-state index contributed by atoms with van der Waals surface area (Å²) in [6.07, 6.45) is -9.40. The monoisotopic (exact) mass is 579 g/mol. The molecule has 3 aromatic carbocycles. The van der Waals surface area contributed by atoms with Gasteiger partial charge in [-0.1, -0.05) is 30.3 Å². The lowest BCUT2D eigenvalue weighted by Crippen LogP contribution is -2.26. The number of carbonyl (C=O) groups is 2. The first-order chi connectivity index (χ1) is 19.3. The summed E-state index contributed by atoms with van der Waals surface area (Å²) in [5.74, 6) is -1.95. The quantitative estimate of drug-likeness (QED) is 0.203. The van der Waals surface area contributed by atoms with Crippen LogP contribution in [0.1, 0.15) is 41.2 Å². The second-order valence-electron chi connectivity index (χ2n) is 9.13. The maximum atomic E-state index is 13.2. The molecule has 1 unspecified atom stereocenters. The molecule has 0 saturated heterocycles. The van der Waals surface area contributed by atoms with Crippen molar-refractivity contribution in [3.63, 3.8) is 0 Å². The van der Waals surface area contributed by atoms with E-state index in [0.29, 0.717) is 27.6 Å². The number of rotatable bonds is 10. The maximum Gasteiger partial charge on any atom is 0.573 e. The standard InChI is InChI=1S/C28H23F6N3O4/c29-27(30,31)13-11-24(18-1-3-19(4-2-18)26(40)35-14-12-25(38)39)37-23-10-7-20(15-21(23)16-36-37)17-5-8-22(9-6-17)41-28(32,33)34/h1-10,15-16,24H,11-14H2,(H,35,40)(H,38,39). The summed E-state index contributed by atoms with van der Waals surface area (Å²) in [6, 6.07) is 15.5. The lowest BCUT2D eigenvalue weighted by molar-refractivity contribution is -0.274. The Morgan fingerprint density at radius 3 is 2.20 bits per heavy atom. The average Bonchev–Trinajstić information content (AvgIpc) is 3.31. The van der Waals surface area contributed by atoms with Gasteiger partial charge in [-0.3, -0.25) is 14.3 Å². The summed E-state index contributed by atoms with van der Waals surface area (Å²) in [5, 5.41) is 16.1. The Hall–Kier alpha value is -4.55. The Bertz CT molecular complexity index is 1510. The zero-order valence-corrected chi connectivity index (χ0v) is 21.2. The van der Waals surface area contributed by atoms with Crippen LogP contribution in [-0.2, 0) is 4.79 Å². The molecule has 0 spiro atoms. The van der Waals surface area contributed by atoms with Gasteiger partial charge in [-0.05, 0) is 59.5 Å². The van der Waals surface area contributed by atoms with Crippen LogP contribution in [-0.4, -0.2) is 45.8 Å². The number of benzene rings is 3. The molecule has 1 amide bonds. The van der Waals surface area contributed by atoms with Crippen molar-refractivity contribution >= 4 is 22.8 Å². The van der Waals surface area contributed by atoms with Gasteiger partial charge in [-0.15, -0.1) is 13.2 Å². The topological polar surface area (TPSA) is 93.5 Å². The molecule has 4 aromatic rings. The van der Waals surface area contributed by atoms with Crippen molar-refractivity contribution in [3.05, 3.63) is 84.1 Å². The van der Waals surface area contributed by atoms with Crippen molar-refractivity contribution in [3.8, 4) is 16.9 Å². The number of hydrogen-bond donors (Lipinski definition) is 2. The molecule has 0 saturated carbocycles. The lowest BCUT2D eigenvalue weighted by Gasteiger charge is -2.20. The van der Waals surface area contributed by atoms with E-state index in [4.69, 9.17) is 5.11 Å². The highest BCUT2D eigenvalue weighted by Crippen LogP contribution is 2.34. The van der Waals surface area contributed by atoms with Gasteiger partial charge in [0.1, 0.15) is 5.75 Å². The Labute approximate surface area is 229 Å². The molecule has 13 heteroatoms. The number of halogens is 6. The minimum atomic E-state index is -4.81. The van der Waals surface area contributed by atoms with E-state index in [1.165, 1.54) is 59.4 Å². The Kier molecular flexibility index (Phi) is 8.55. The minimum Gasteiger partial charge on any atom is -0.481 e. The van der Waals surface area contributed by atoms with Gasteiger partial charge in [0.2, 0.25) is 0 Å². The van der Waals surface area contributed by atoms with Crippen LogP contribution >= 0.6 is 0 Å². The summed E-state index contributed by atoms with van der Waals surface area (Å²) in [7, 11) is 0. The highest BCUT2D eigenvalue weighted by Gasteiger charge is 2.31. The number of ether oxygens (including phenoxy) is 1. The van der Waals surface area contributed by atoms with Crippen molar-refractivity contribution in [1.82, 2.24) is 15.1 Å². The van der Waals surface area contributed by atoms with Gasteiger partial charge >= 0.3 is 18.5 Å². The fraction of sp³-hybridized carbons (Fsp3) is 0.250. The van der Waals surface area contributed by atoms with Crippen molar-refractivity contribution in [1.29, 1.82) is 0 Å². The largest absolute Gasteiger partial charge is 0.573 e. The molecule has 1 aromatic heterocycles. The normalized spacial score (nSPS) is 12.7. The van der Waals surface area contributed by atoms with Crippen molar-refractivity contribution in [2.75, 3.05) is 6.54 Å². The predicted molar refractivity (Wildman–Crippen MR) is 136 cm³/mol. The molecule has 41 heavy (non-hydrogen) atoms. The number of alkyl halides is 6. The van der Waals surface area contributed by atoms with Crippen LogP contribution in [0.4, 0.5) is 26.3 Å². The first-order valence-corrected chi connectivity index (χ1v) is 12.3. The molecule has 1 heterocycles. The number of nitrogens with zero attached hydrogens (tertiary/aromatic N) is 2. The summed E-state index contributed by atoms with van der Waals surface area (Å²) in [4.78, 5) is 22.9. The Morgan fingerprint density at radius 1 is 0.927 bits per heavy atom. The van der Waals surface area contributed by atoms with Crippen LogP contribution in [0.2, 0.25) is 0 Å². The van der Waals surface area contributed by atoms with Crippen LogP contribution in [0.5, 0.6) is 5.75 Å². The van der Waals surface area contributed by atoms with E-state index < -0.39 is 36.9 Å². The molecule has 0 aliphatic heterocycles. The number of fused-ring (bicyclic) bond motifs is 1. The van der Waals surface area contributed by atoms with Crippen molar-refractivity contribution in [2.24, 2.45) is 0 Å².